The van der Waals surface area contributed by atoms with E-state index in [9.17, 15) is 9.59 Å². The standard InChI is InChI=1S/C29H29N3O3/c1-18-8-10-20(11-9-18)28(33)31-22-12-13-24-25(16-22)29(34)32(17-23-7-4-14-35-23)27(30)26(24)21-6-3-5-19(2)15-21/h3,5-6,8-13,15-16,23H,4,7,14,17,30H2,1-2H3,(H,31,33). The highest BCUT2D eigenvalue weighted by atomic mass is 16.5. The number of benzene rings is 3. The molecule has 1 amide bonds. The zero-order chi connectivity index (χ0) is 24.5. The summed E-state index contributed by atoms with van der Waals surface area (Å²) in [6.07, 6.45) is 1.84. The van der Waals surface area contributed by atoms with Gasteiger partial charge in [-0.15, -0.1) is 0 Å². The lowest BCUT2D eigenvalue weighted by Gasteiger charge is -2.20. The third kappa shape index (κ3) is 4.57. The zero-order valence-corrected chi connectivity index (χ0v) is 20.0. The molecule has 0 saturated carbocycles. The van der Waals surface area contributed by atoms with Crippen LogP contribution >= 0.6 is 0 Å². The molecule has 3 N–H and O–H groups in total. The quantitative estimate of drug-likeness (QED) is 0.417. The molecular weight excluding hydrogens is 438 g/mol. The summed E-state index contributed by atoms with van der Waals surface area (Å²) in [6.45, 7) is 5.11. The number of nitrogens with one attached hydrogen (secondary N) is 1. The average Bonchev–Trinajstić information content (AvgIpc) is 3.36. The van der Waals surface area contributed by atoms with Gasteiger partial charge in [-0.25, -0.2) is 0 Å². The Labute approximate surface area is 204 Å². The molecule has 1 aliphatic heterocycles. The van der Waals surface area contributed by atoms with Gasteiger partial charge in [-0.1, -0.05) is 53.6 Å². The van der Waals surface area contributed by atoms with Crippen LogP contribution in [-0.2, 0) is 11.3 Å². The number of nitrogens with two attached hydrogens (primary N) is 1. The summed E-state index contributed by atoms with van der Waals surface area (Å²) < 4.78 is 7.43. The molecule has 178 valence electrons. The highest BCUT2D eigenvalue weighted by molar-refractivity contribution is 6.07. The van der Waals surface area contributed by atoms with Crippen LogP contribution in [0.5, 0.6) is 0 Å². The van der Waals surface area contributed by atoms with Crippen LogP contribution in [0.2, 0.25) is 0 Å². The maximum atomic E-state index is 13.6. The third-order valence-corrected chi connectivity index (χ3v) is 6.60. The molecule has 6 heteroatoms. The van der Waals surface area contributed by atoms with Gasteiger partial charge in [0.2, 0.25) is 0 Å². The smallest absolute Gasteiger partial charge is 0.260 e. The molecule has 0 radical (unpaired) electrons. The van der Waals surface area contributed by atoms with Gasteiger partial charge in [-0.3, -0.25) is 14.2 Å². The maximum absolute atomic E-state index is 13.6. The number of nitrogen functional groups attached to an aromatic ring is 1. The van der Waals surface area contributed by atoms with Crippen LogP contribution in [0.1, 0.15) is 34.3 Å². The Hall–Kier alpha value is -3.90. The number of aryl methyl sites for hydroxylation is 2. The predicted octanol–water partition coefficient (Wildman–Crippen LogP) is 5.30. The Balaban J connectivity index is 1.63. The number of hydrogen-bond acceptors (Lipinski definition) is 4. The number of amides is 1. The van der Waals surface area contributed by atoms with Gasteiger partial charge < -0.3 is 15.8 Å². The van der Waals surface area contributed by atoms with Crippen molar-refractivity contribution in [3.63, 3.8) is 0 Å². The summed E-state index contributed by atoms with van der Waals surface area (Å²) in [5, 5.41) is 4.20. The molecule has 35 heavy (non-hydrogen) atoms. The molecule has 0 spiro atoms. The first kappa shape index (κ1) is 22.9. The number of aromatic nitrogens is 1. The Kier molecular flexibility index (Phi) is 6.14. The van der Waals surface area contributed by atoms with Crippen molar-refractivity contribution in [1.82, 2.24) is 4.57 Å². The molecule has 5 rings (SSSR count). The number of pyridine rings is 1. The molecule has 0 aliphatic carbocycles. The average molecular weight is 468 g/mol. The van der Waals surface area contributed by atoms with Crippen LogP contribution in [-0.4, -0.2) is 23.2 Å². The normalized spacial score (nSPS) is 15.4. The van der Waals surface area contributed by atoms with Crippen molar-refractivity contribution in [1.29, 1.82) is 0 Å². The van der Waals surface area contributed by atoms with Gasteiger partial charge >= 0.3 is 0 Å². The summed E-state index contributed by atoms with van der Waals surface area (Å²) in [7, 11) is 0. The molecule has 1 unspecified atom stereocenters. The van der Waals surface area contributed by atoms with E-state index in [1.165, 1.54) is 0 Å². The van der Waals surface area contributed by atoms with Gasteiger partial charge in [-0.05, 0) is 61.9 Å². The minimum atomic E-state index is -0.224. The van der Waals surface area contributed by atoms with Crippen molar-refractivity contribution < 1.29 is 9.53 Å². The van der Waals surface area contributed by atoms with E-state index in [1.54, 1.807) is 22.8 Å². The van der Waals surface area contributed by atoms with Gasteiger partial charge in [0.05, 0.1) is 12.6 Å². The molecule has 1 saturated heterocycles. The van der Waals surface area contributed by atoms with Crippen molar-refractivity contribution in [2.24, 2.45) is 0 Å². The van der Waals surface area contributed by atoms with Crippen LogP contribution < -0.4 is 16.6 Å². The second kappa shape index (κ2) is 9.39. The summed E-state index contributed by atoms with van der Waals surface area (Å²) in [5.74, 6) is 0.207. The Morgan fingerprint density at radius 1 is 1.03 bits per heavy atom. The molecule has 1 atom stereocenters. The van der Waals surface area contributed by atoms with Crippen molar-refractivity contribution in [3.8, 4) is 11.1 Å². The first-order valence-corrected chi connectivity index (χ1v) is 11.9. The molecular formula is C29H29N3O3. The number of nitrogens with zero attached hydrogens (tertiary/aromatic N) is 1. The van der Waals surface area contributed by atoms with E-state index in [0.29, 0.717) is 35.6 Å². The number of rotatable bonds is 5. The second-order valence-corrected chi connectivity index (χ2v) is 9.26. The Bertz CT molecular complexity index is 1470. The van der Waals surface area contributed by atoms with E-state index in [0.717, 1.165) is 40.5 Å². The molecule has 1 aliphatic rings. The first-order chi connectivity index (χ1) is 16.9. The highest BCUT2D eigenvalue weighted by Crippen LogP contribution is 2.34. The van der Waals surface area contributed by atoms with Crippen molar-refractivity contribution in [3.05, 3.63) is 93.8 Å². The zero-order valence-electron chi connectivity index (χ0n) is 20.0. The lowest BCUT2D eigenvalue weighted by atomic mass is 9.97. The van der Waals surface area contributed by atoms with Gasteiger partial charge in [0.25, 0.3) is 11.5 Å². The number of hydrogen-bond donors (Lipinski definition) is 2. The molecule has 2 heterocycles. The van der Waals surface area contributed by atoms with Crippen LogP contribution in [0.3, 0.4) is 0 Å². The molecule has 3 aromatic carbocycles. The second-order valence-electron chi connectivity index (χ2n) is 9.26. The Morgan fingerprint density at radius 2 is 1.83 bits per heavy atom. The fourth-order valence-corrected chi connectivity index (χ4v) is 4.73. The van der Waals surface area contributed by atoms with Crippen LogP contribution in [0.4, 0.5) is 11.5 Å². The number of anilines is 2. The van der Waals surface area contributed by atoms with E-state index < -0.39 is 0 Å². The highest BCUT2D eigenvalue weighted by Gasteiger charge is 2.22. The minimum Gasteiger partial charge on any atom is -0.384 e. The molecule has 4 aromatic rings. The summed E-state index contributed by atoms with van der Waals surface area (Å²) in [6, 6.07) is 20.9. The van der Waals surface area contributed by atoms with E-state index in [1.807, 2.05) is 56.3 Å². The van der Waals surface area contributed by atoms with Gasteiger partial charge in [0.1, 0.15) is 5.82 Å². The van der Waals surface area contributed by atoms with E-state index in [2.05, 4.69) is 11.4 Å². The topological polar surface area (TPSA) is 86.3 Å². The molecule has 1 aromatic heterocycles. The van der Waals surface area contributed by atoms with Crippen molar-refractivity contribution in [2.75, 3.05) is 17.7 Å². The van der Waals surface area contributed by atoms with Crippen LogP contribution in [0.15, 0.2) is 71.5 Å². The van der Waals surface area contributed by atoms with Crippen molar-refractivity contribution in [2.45, 2.75) is 39.3 Å². The summed E-state index contributed by atoms with van der Waals surface area (Å²) >= 11 is 0. The number of carbonyl (C=O) groups is 1. The fourth-order valence-electron chi connectivity index (χ4n) is 4.73. The number of fused-ring (bicyclic) bond motifs is 1. The predicted molar refractivity (Wildman–Crippen MR) is 141 cm³/mol. The number of ether oxygens (including phenoxy) is 1. The monoisotopic (exact) mass is 467 g/mol. The molecule has 6 nitrogen and oxygen atoms in total. The summed E-state index contributed by atoms with van der Waals surface area (Å²) in [4.78, 5) is 26.4. The minimum absolute atomic E-state index is 0.0396. The van der Waals surface area contributed by atoms with E-state index >= 15 is 0 Å². The van der Waals surface area contributed by atoms with Gasteiger partial charge in [0, 0.05) is 28.8 Å². The number of carbonyl (C=O) groups excluding carboxylic acids is 1. The van der Waals surface area contributed by atoms with Crippen LogP contribution in [0.25, 0.3) is 21.9 Å². The largest absolute Gasteiger partial charge is 0.384 e. The van der Waals surface area contributed by atoms with Gasteiger partial charge in [-0.2, -0.15) is 0 Å². The first-order valence-electron chi connectivity index (χ1n) is 11.9. The Morgan fingerprint density at radius 3 is 2.54 bits per heavy atom. The van der Waals surface area contributed by atoms with E-state index in [4.69, 9.17) is 10.5 Å². The van der Waals surface area contributed by atoms with E-state index in [-0.39, 0.29) is 17.6 Å². The summed E-state index contributed by atoms with van der Waals surface area (Å²) in [5.41, 5.74) is 11.5. The fraction of sp³-hybridized carbons (Fsp3) is 0.241. The SMILES string of the molecule is Cc1ccc(C(=O)Nc2ccc3c(-c4cccc(C)c4)c(N)n(CC4CCCO4)c(=O)c3c2)cc1. The lowest BCUT2D eigenvalue weighted by Crippen LogP contribution is -2.29. The third-order valence-electron chi connectivity index (χ3n) is 6.60. The lowest BCUT2D eigenvalue weighted by molar-refractivity contribution is 0.0968. The van der Waals surface area contributed by atoms with Crippen molar-refractivity contribution >= 4 is 28.2 Å². The molecule has 1 fully saturated rings. The van der Waals surface area contributed by atoms with Gasteiger partial charge in [0.15, 0.2) is 0 Å². The maximum Gasteiger partial charge on any atom is 0.260 e. The van der Waals surface area contributed by atoms with Crippen LogP contribution in [0, 0.1) is 13.8 Å². The molecule has 0 bridgehead atoms.